The molecule has 136 valence electrons. The Morgan fingerprint density at radius 2 is 2.00 bits per heavy atom. The summed E-state index contributed by atoms with van der Waals surface area (Å²) < 4.78 is 0. The van der Waals surface area contributed by atoms with E-state index >= 15 is 0 Å². The molecule has 0 N–H and O–H groups in total. The van der Waals surface area contributed by atoms with Gasteiger partial charge < -0.3 is 9.80 Å². The molecular formula is C20H25N5O. The fourth-order valence-corrected chi connectivity index (χ4v) is 3.78. The summed E-state index contributed by atoms with van der Waals surface area (Å²) in [6.07, 6.45) is 8.84. The first-order valence-electron chi connectivity index (χ1n) is 9.59. The highest BCUT2D eigenvalue weighted by Gasteiger charge is 2.26. The number of hydrogen-bond donors (Lipinski definition) is 0. The van der Waals surface area contributed by atoms with Crippen LogP contribution in [0.3, 0.4) is 0 Å². The van der Waals surface area contributed by atoms with Crippen molar-refractivity contribution in [2.24, 2.45) is 0 Å². The predicted octanol–water partition coefficient (Wildman–Crippen LogP) is 2.62. The molecule has 0 radical (unpaired) electrons. The lowest BCUT2D eigenvalue weighted by atomic mass is 10.1. The van der Waals surface area contributed by atoms with Crippen LogP contribution in [0.4, 0.5) is 5.82 Å². The van der Waals surface area contributed by atoms with Gasteiger partial charge in [-0.2, -0.15) is 0 Å². The summed E-state index contributed by atoms with van der Waals surface area (Å²) in [7, 11) is 0. The number of carbonyl (C=O) groups excluding carboxylic acids is 1. The number of amides is 1. The van der Waals surface area contributed by atoms with E-state index < -0.39 is 0 Å². The van der Waals surface area contributed by atoms with E-state index in [0.29, 0.717) is 12.1 Å². The van der Waals surface area contributed by atoms with E-state index in [1.54, 1.807) is 6.20 Å². The molecule has 0 unspecified atom stereocenters. The molecule has 0 spiro atoms. The van der Waals surface area contributed by atoms with Gasteiger partial charge in [0, 0.05) is 38.4 Å². The summed E-state index contributed by atoms with van der Waals surface area (Å²) in [4.78, 5) is 30.9. The van der Waals surface area contributed by atoms with Crippen LogP contribution >= 0.6 is 0 Å². The summed E-state index contributed by atoms with van der Waals surface area (Å²) >= 11 is 0. The lowest BCUT2D eigenvalue weighted by Crippen LogP contribution is -2.38. The Balaban J connectivity index is 1.61. The van der Waals surface area contributed by atoms with Crippen molar-refractivity contribution in [3.05, 3.63) is 47.2 Å². The number of piperidine rings is 1. The maximum Gasteiger partial charge on any atom is 0.257 e. The fourth-order valence-electron chi connectivity index (χ4n) is 3.78. The molecule has 6 heteroatoms. The molecule has 0 atom stereocenters. The average molecular weight is 351 g/mol. The van der Waals surface area contributed by atoms with Gasteiger partial charge >= 0.3 is 0 Å². The number of fused-ring (bicyclic) bond motifs is 1. The number of hydrogen-bond acceptors (Lipinski definition) is 5. The van der Waals surface area contributed by atoms with Gasteiger partial charge in [0.25, 0.3) is 5.91 Å². The van der Waals surface area contributed by atoms with E-state index in [4.69, 9.17) is 4.98 Å². The van der Waals surface area contributed by atoms with Gasteiger partial charge in [-0.05, 0) is 43.4 Å². The Hall–Kier alpha value is -2.50. The van der Waals surface area contributed by atoms with Gasteiger partial charge in [0.2, 0.25) is 0 Å². The molecule has 2 aromatic rings. The van der Waals surface area contributed by atoms with Crippen molar-refractivity contribution < 1.29 is 4.79 Å². The minimum Gasteiger partial charge on any atom is -0.350 e. The number of nitrogens with zero attached hydrogens (tertiary/aromatic N) is 5. The number of anilines is 1. The number of likely N-dealkylation sites (tertiary alicyclic amines) is 1. The van der Waals surface area contributed by atoms with Crippen LogP contribution in [0, 0.1) is 0 Å². The monoisotopic (exact) mass is 351 g/mol. The molecule has 26 heavy (non-hydrogen) atoms. The molecule has 1 amide bonds. The second-order valence-electron chi connectivity index (χ2n) is 7.01. The Labute approximate surface area is 154 Å². The number of carbonyl (C=O) groups is 1. The van der Waals surface area contributed by atoms with Crippen molar-refractivity contribution in [1.82, 2.24) is 19.9 Å². The first kappa shape index (κ1) is 16.9. The van der Waals surface area contributed by atoms with Gasteiger partial charge in [-0.25, -0.2) is 15.0 Å². The second kappa shape index (κ2) is 7.40. The average Bonchev–Trinajstić information content (AvgIpc) is 2.73. The molecule has 2 aliphatic heterocycles. The van der Waals surface area contributed by atoms with E-state index in [1.807, 2.05) is 23.2 Å². The smallest absolute Gasteiger partial charge is 0.257 e. The molecule has 4 rings (SSSR count). The van der Waals surface area contributed by atoms with Crippen molar-refractivity contribution in [2.45, 2.75) is 45.6 Å². The molecule has 2 aromatic heterocycles. The normalized spacial score (nSPS) is 17.1. The zero-order valence-corrected chi connectivity index (χ0v) is 15.3. The summed E-state index contributed by atoms with van der Waals surface area (Å²) in [5.74, 6) is 1.76. The van der Waals surface area contributed by atoms with Crippen molar-refractivity contribution in [3.8, 4) is 0 Å². The maximum atomic E-state index is 13.0. The third-order valence-corrected chi connectivity index (χ3v) is 5.27. The highest BCUT2D eigenvalue weighted by atomic mass is 16.2. The molecule has 0 saturated carbocycles. The van der Waals surface area contributed by atoms with E-state index in [2.05, 4.69) is 21.8 Å². The lowest BCUT2D eigenvalue weighted by molar-refractivity contribution is 0.0724. The number of aryl methyl sites for hydroxylation is 1. The zero-order chi connectivity index (χ0) is 17.9. The highest BCUT2D eigenvalue weighted by molar-refractivity contribution is 5.99. The third-order valence-electron chi connectivity index (χ3n) is 5.27. The Morgan fingerprint density at radius 1 is 1.15 bits per heavy atom. The molecule has 0 bridgehead atoms. The molecule has 1 fully saturated rings. The summed E-state index contributed by atoms with van der Waals surface area (Å²) in [6.45, 7) is 5.28. The van der Waals surface area contributed by atoms with Crippen LogP contribution in [-0.2, 0) is 19.4 Å². The van der Waals surface area contributed by atoms with Gasteiger partial charge in [-0.1, -0.05) is 6.92 Å². The van der Waals surface area contributed by atoms with Crippen LogP contribution in [0.5, 0.6) is 0 Å². The van der Waals surface area contributed by atoms with Crippen molar-refractivity contribution >= 4 is 11.7 Å². The Bertz CT molecular complexity index is 801. The zero-order valence-electron chi connectivity index (χ0n) is 15.3. The minimum absolute atomic E-state index is 0.107. The van der Waals surface area contributed by atoms with Crippen LogP contribution in [-0.4, -0.2) is 45.4 Å². The number of pyridine rings is 1. The summed E-state index contributed by atoms with van der Waals surface area (Å²) in [5, 5.41) is 0. The highest BCUT2D eigenvalue weighted by Crippen LogP contribution is 2.26. The van der Waals surface area contributed by atoms with Crippen LogP contribution in [0.1, 0.15) is 53.6 Å². The van der Waals surface area contributed by atoms with Crippen LogP contribution < -0.4 is 4.90 Å². The van der Waals surface area contributed by atoms with E-state index in [1.165, 1.54) is 12.0 Å². The maximum absolute atomic E-state index is 13.0. The van der Waals surface area contributed by atoms with E-state index in [-0.39, 0.29) is 5.91 Å². The Morgan fingerprint density at radius 3 is 2.81 bits per heavy atom. The van der Waals surface area contributed by atoms with Gasteiger partial charge in [0.15, 0.2) is 0 Å². The van der Waals surface area contributed by atoms with Crippen molar-refractivity contribution in [3.63, 3.8) is 0 Å². The SMILES string of the molecule is CCc1ncc2c(n1)CN(c1ncccc1C(=O)N1CCCCC1)CC2. The number of rotatable bonds is 3. The van der Waals surface area contributed by atoms with Crippen LogP contribution in [0.2, 0.25) is 0 Å². The van der Waals surface area contributed by atoms with E-state index in [9.17, 15) is 4.79 Å². The molecule has 4 heterocycles. The quantitative estimate of drug-likeness (QED) is 0.851. The van der Waals surface area contributed by atoms with Gasteiger partial charge in [0.1, 0.15) is 11.6 Å². The van der Waals surface area contributed by atoms with Crippen LogP contribution in [0.15, 0.2) is 24.5 Å². The molecule has 0 aromatic carbocycles. The topological polar surface area (TPSA) is 62.2 Å². The second-order valence-corrected chi connectivity index (χ2v) is 7.01. The first-order valence-corrected chi connectivity index (χ1v) is 9.59. The van der Waals surface area contributed by atoms with Crippen molar-refractivity contribution in [1.29, 1.82) is 0 Å². The first-order chi connectivity index (χ1) is 12.8. The summed E-state index contributed by atoms with van der Waals surface area (Å²) in [5.41, 5.74) is 2.98. The fraction of sp³-hybridized carbons (Fsp3) is 0.500. The minimum atomic E-state index is 0.107. The van der Waals surface area contributed by atoms with Gasteiger partial charge in [-0.3, -0.25) is 4.79 Å². The molecular weight excluding hydrogens is 326 g/mol. The molecule has 2 aliphatic rings. The third kappa shape index (κ3) is 3.28. The Kier molecular flexibility index (Phi) is 4.82. The summed E-state index contributed by atoms with van der Waals surface area (Å²) in [6, 6.07) is 3.77. The van der Waals surface area contributed by atoms with E-state index in [0.717, 1.165) is 62.7 Å². The predicted molar refractivity (Wildman–Crippen MR) is 100 cm³/mol. The molecule has 0 aliphatic carbocycles. The van der Waals surface area contributed by atoms with Crippen molar-refractivity contribution in [2.75, 3.05) is 24.5 Å². The van der Waals surface area contributed by atoms with Crippen LogP contribution in [0.25, 0.3) is 0 Å². The molecule has 1 saturated heterocycles. The molecule has 6 nitrogen and oxygen atoms in total. The number of aromatic nitrogens is 3. The lowest BCUT2D eigenvalue weighted by Gasteiger charge is -2.32. The van der Waals surface area contributed by atoms with Gasteiger partial charge in [-0.15, -0.1) is 0 Å². The largest absolute Gasteiger partial charge is 0.350 e. The standard InChI is InChI=1S/C20H25N5O/c1-2-18-22-13-15-8-12-25(14-17(15)23-18)19-16(7-6-9-21-19)20(26)24-10-4-3-5-11-24/h6-7,9,13H,2-5,8,10-12,14H2,1H3. The van der Waals surface area contributed by atoms with Gasteiger partial charge in [0.05, 0.1) is 17.8 Å².